The summed E-state index contributed by atoms with van der Waals surface area (Å²) in [6.45, 7) is 3.94. The molecule has 0 bridgehead atoms. The van der Waals surface area contributed by atoms with E-state index in [0.717, 1.165) is 11.1 Å². The fraction of sp³-hybridized carbons (Fsp3) is 0.304. The first-order valence-electron chi connectivity index (χ1n) is 9.54. The molecule has 2 aromatic carbocycles. The third-order valence-corrected chi connectivity index (χ3v) is 6.17. The van der Waals surface area contributed by atoms with Crippen molar-refractivity contribution >= 4 is 17.5 Å². The van der Waals surface area contributed by atoms with E-state index in [1.807, 2.05) is 38.1 Å². The van der Waals surface area contributed by atoms with Gasteiger partial charge in [-0.25, -0.2) is 0 Å². The van der Waals surface area contributed by atoms with Crippen LogP contribution in [0.4, 0.5) is 5.69 Å². The highest BCUT2D eigenvalue weighted by atomic mass is 16.5. The highest BCUT2D eigenvalue weighted by molar-refractivity contribution is 6.22. The van der Waals surface area contributed by atoms with Crippen molar-refractivity contribution in [2.75, 3.05) is 4.90 Å². The molecule has 3 atom stereocenters. The summed E-state index contributed by atoms with van der Waals surface area (Å²) in [5.41, 5.74) is 1.89. The molecule has 2 aliphatic heterocycles. The van der Waals surface area contributed by atoms with Gasteiger partial charge in [-0.2, -0.15) is 0 Å². The fourth-order valence-electron chi connectivity index (χ4n) is 4.96. The van der Waals surface area contributed by atoms with E-state index in [2.05, 4.69) is 6.08 Å². The Balaban J connectivity index is 1.66. The maximum atomic E-state index is 13.5. The topological polar surface area (TPSA) is 66.8 Å². The van der Waals surface area contributed by atoms with Crippen LogP contribution in [0.2, 0.25) is 0 Å². The van der Waals surface area contributed by atoms with Crippen molar-refractivity contribution < 1.29 is 19.4 Å². The predicted octanol–water partition coefficient (Wildman–Crippen LogP) is 3.78. The molecule has 0 unspecified atom stereocenters. The quantitative estimate of drug-likeness (QED) is 0.608. The van der Waals surface area contributed by atoms with Crippen molar-refractivity contribution in [1.82, 2.24) is 0 Å². The number of nitrogens with zero attached hydrogens (tertiary/aromatic N) is 1. The average molecular weight is 375 g/mol. The monoisotopic (exact) mass is 375 g/mol. The van der Waals surface area contributed by atoms with Gasteiger partial charge in [0, 0.05) is 17.5 Å². The third kappa shape index (κ3) is 2.25. The van der Waals surface area contributed by atoms with Crippen LogP contribution >= 0.6 is 0 Å². The number of aromatic hydroxyl groups is 1. The second-order valence-corrected chi connectivity index (χ2v) is 8.19. The second-order valence-electron chi connectivity index (χ2n) is 8.19. The first-order chi connectivity index (χ1) is 13.4. The Bertz CT molecular complexity index is 1020. The standard InChI is InChI=1S/C23H21NO4/c1-23(2)17-11-10-16-20(19(17)15-9-8-14(25)12-18(15)28-23)22(27)24(21(16)26)13-6-4-3-5-7-13/h3-9,11-12,16,19-20,25H,10H2,1-2H3/t16-,19+,20-/m1/s1. The van der Waals surface area contributed by atoms with Crippen LogP contribution in [0.15, 0.2) is 60.2 Å². The fourth-order valence-corrected chi connectivity index (χ4v) is 4.96. The Labute approximate surface area is 163 Å². The lowest BCUT2D eigenvalue weighted by atomic mass is 9.65. The number of anilines is 1. The Kier molecular flexibility index (Phi) is 3.48. The van der Waals surface area contributed by atoms with E-state index in [4.69, 9.17) is 4.74 Å². The Hall–Kier alpha value is -3.08. The van der Waals surface area contributed by atoms with Gasteiger partial charge in [-0.3, -0.25) is 14.5 Å². The smallest absolute Gasteiger partial charge is 0.238 e. The maximum absolute atomic E-state index is 13.5. The van der Waals surface area contributed by atoms with Gasteiger partial charge in [-0.1, -0.05) is 30.3 Å². The van der Waals surface area contributed by atoms with E-state index < -0.39 is 11.5 Å². The van der Waals surface area contributed by atoms with Crippen LogP contribution in [0.3, 0.4) is 0 Å². The highest BCUT2D eigenvalue weighted by Gasteiger charge is 2.57. The summed E-state index contributed by atoms with van der Waals surface area (Å²) in [6, 6.07) is 14.1. The summed E-state index contributed by atoms with van der Waals surface area (Å²) < 4.78 is 6.15. The van der Waals surface area contributed by atoms with Gasteiger partial charge in [0.05, 0.1) is 17.5 Å². The zero-order valence-corrected chi connectivity index (χ0v) is 15.8. The number of imide groups is 1. The average Bonchev–Trinajstić information content (AvgIpc) is 2.92. The molecule has 0 spiro atoms. The number of carbonyl (C=O) groups excluding carboxylic acids is 2. The number of rotatable bonds is 1. The molecule has 1 saturated heterocycles. The van der Waals surface area contributed by atoms with E-state index in [9.17, 15) is 14.7 Å². The zero-order chi connectivity index (χ0) is 19.6. The molecule has 5 heteroatoms. The normalized spacial score (nSPS) is 27.4. The van der Waals surface area contributed by atoms with Gasteiger partial charge in [0.2, 0.25) is 11.8 Å². The van der Waals surface area contributed by atoms with Crippen molar-refractivity contribution in [3.63, 3.8) is 0 Å². The molecular formula is C23H21NO4. The van der Waals surface area contributed by atoms with Crippen LogP contribution in [-0.2, 0) is 9.59 Å². The van der Waals surface area contributed by atoms with Gasteiger partial charge in [-0.05, 0) is 44.0 Å². The maximum Gasteiger partial charge on any atom is 0.238 e. The largest absolute Gasteiger partial charge is 0.508 e. The number of allylic oxidation sites excluding steroid dienone is 1. The van der Waals surface area contributed by atoms with Crippen LogP contribution in [0, 0.1) is 11.8 Å². The minimum absolute atomic E-state index is 0.120. The number of ether oxygens (including phenoxy) is 1. The Morgan fingerprint density at radius 3 is 2.57 bits per heavy atom. The van der Waals surface area contributed by atoms with Gasteiger partial charge in [0.1, 0.15) is 17.1 Å². The number of fused-ring (bicyclic) bond motifs is 5. The molecule has 2 aromatic rings. The highest BCUT2D eigenvalue weighted by Crippen LogP contribution is 2.56. The van der Waals surface area contributed by atoms with Gasteiger partial charge < -0.3 is 9.84 Å². The van der Waals surface area contributed by atoms with E-state index in [0.29, 0.717) is 17.9 Å². The number of amides is 2. The lowest BCUT2D eigenvalue weighted by molar-refractivity contribution is -0.122. The summed E-state index contributed by atoms with van der Waals surface area (Å²) in [5, 5.41) is 9.90. The molecule has 1 N–H and O–H groups in total. The first kappa shape index (κ1) is 17.0. The second kappa shape index (κ2) is 5.71. The molecule has 2 heterocycles. The summed E-state index contributed by atoms with van der Waals surface area (Å²) in [4.78, 5) is 28.0. The van der Waals surface area contributed by atoms with Crippen LogP contribution in [0.25, 0.3) is 0 Å². The number of phenols is 1. The van der Waals surface area contributed by atoms with Crippen molar-refractivity contribution in [2.24, 2.45) is 11.8 Å². The van der Waals surface area contributed by atoms with Crippen LogP contribution < -0.4 is 9.64 Å². The molecule has 5 nitrogen and oxygen atoms in total. The molecule has 3 aliphatic rings. The molecule has 0 radical (unpaired) electrons. The lowest BCUT2D eigenvalue weighted by Gasteiger charge is -2.45. The molecule has 142 valence electrons. The van der Waals surface area contributed by atoms with E-state index in [1.54, 1.807) is 24.3 Å². The lowest BCUT2D eigenvalue weighted by Crippen LogP contribution is -2.44. The van der Waals surface area contributed by atoms with E-state index in [-0.39, 0.29) is 29.4 Å². The number of carbonyl (C=O) groups is 2. The van der Waals surface area contributed by atoms with Crippen molar-refractivity contribution in [1.29, 1.82) is 0 Å². The summed E-state index contributed by atoms with van der Waals surface area (Å²) in [7, 11) is 0. The number of hydrogen-bond donors (Lipinski definition) is 1. The van der Waals surface area contributed by atoms with Gasteiger partial charge in [0.25, 0.3) is 0 Å². The van der Waals surface area contributed by atoms with Gasteiger partial charge in [-0.15, -0.1) is 0 Å². The van der Waals surface area contributed by atoms with Gasteiger partial charge in [0.15, 0.2) is 0 Å². The van der Waals surface area contributed by atoms with Crippen molar-refractivity contribution in [3.8, 4) is 11.5 Å². The predicted molar refractivity (Wildman–Crippen MR) is 104 cm³/mol. The van der Waals surface area contributed by atoms with E-state index in [1.165, 1.54) is 4.90 Å². The van der Waals surface area contributed by atoms with Gasteiger partial charge >= 0.3 is 0 Å². The molecular weight excluding hydrogens is 354 g/mol. The minimum Gasteiger partial charge on any atom is -0.508 e. The zero-order valence-electron chi connectivity index (χ0n) is 15.8. The molecule has 28 heavy (non-hydrogen) atoms. The third-order valence-electron chi connectivity index (χ3n) is 6.17. The summed E-state index contributed by atoms with van der Waals surface area (Å²) in [5.74, 6) is -0.672. The Morgan fingerprint density at radius 1 is 1.07 bits per heavy atom. The van der Waals surface area contributed by atoms with Crippen molar-refractivity contribution in [2.45, 2.75) is 31.8 Å². The molecule has 1 fully saturated rings. The molecule has 5 rings (SSSR count). The Morgan fingerprint density at radius 2 is 1.82 bits per heavy atom. The molecule has 0 saturated carbocycles. The van der Waals surface area contributed by atoms with Crippen LogP contribution in [-0.4, -0.2) is 22.5 Å². The number of phenolic OH excluding ortho intramolecular Hbond substituents is 1. The van der Waals surface area contributed by atoms with Crippen LogP contribution in [0.1, 0.15) is 31.7 Å². The summed E-state index contributed by atoms with van der Waals surface area (Å²) in [6.07, 6.45) is 2.60. The molecule has 2 amide bonds. The molecule has 1 aliphatic carbocycles. The van der Waals surface area contributed by atoms with E-state index >= 15 is 0 Å². The number of benzene rings is 2. The van der Waals surface area contributed by atoms with Crippen molar-refractivity contribution in [3.05, 3.63) is 65.7 Å². The summed E-state index contributed by atoms with van der Waals surface area (Å²) >= 11 is 0. The SMILES string of the molecule is CC1(C)Oc2cc(O)ccc2[C@H]2C1=CC[C@H]1C(=O)N(c3ccccc3)C(=O)[C@@H]21. The van der Waals surface area contributed by atoms with Crippen LogP contribution in [0.5, 0.6) is 11.5 Å². The number of hydrogen-bond acceptors (Lipinski definition) is 4. The molecule has 0 aromatic heterocycles. The minimum atomic E-state index is -0.611. The number of para-hydroxylation sites is 1. The first-order valence-corrected chi connectivity index (χ1v) is 9.54.